The third-order valence-corrected chi connectivity index (χ3v) is 5.19. The number of nitrogens with one attached hydrogen (secondary N) is 2. The summed E-state index contributed by atoms with van der Waals surface area (Å²) < 4.78 is 11.4. The minimum Gasteiger partial charge on any atom is -0.491 e. The lowest BCUT2D eigenvalue weighted by atomic mass is 10.1. The maximum atomic E-state index is 12.5. The predicted octanol–water partition coefficient (Wildman–Crippen LogP) is 3.78. The van der Waals surface area contributed by atoms with Crippen molar-refractivity contribution in [1.82, 2.24) is 4.90 Å². The molecule has 2 N–H and O–H groups in total. The number of anilines is 2. The molecule has 0 radical (unpaired) electrons. The summed E-state index contributed by atoms with van der Waals surface area (Å²) in [5.74, 6) is 0.501. The van der Waals surface area contributed by atoms with Crippen molar-refractivity contribution in [1.29, 1.82) is 0 Å². The lowest BCUT2D eigenvalue weighted by Crippen LogP contribution is -2.30. The van der Waals surface area contributed by atoms with E-state index in [1.807, 2.05) is 38.1 Å². The Morgan fingerprint density at radius 3 is 2.61 bits per heavy atom. The van der Waals surface area contributed by atoms with Crippen LogP contribution in [-0.4, -0.2) is 55.7 Å². The van der Waals surface area contributed by atoms with Crippen molar-refractivity contribution < 1.29 is 19.1 Å². The van der Waals surface area contributed by atoms with E-state index in [4.69, 9.17) is 9.47 Å². The normalized spacial score (nSPS) is 15.4. The Hall–Kier alpha value is -3.06. The number of nitrogens with zero attached hydrogens (tertiary/aromatic N) is 1. The molecule has 1 saturated heterocycles. The van der Waals surface area contributed by atoms with Crippen LogP contribution in [0.15, 0.2) is 48.5 Å². The van der Waals surface area contributed by atoms with Crippen molar-refractivity contribution >= 4 is 23.2 Å². The lowest BCUT2D eigenvalue weighted by molar-refractivity contribution is -0.114. The van der Waals surface area contributed by atoms with Crippen LogP contribution in [0.1, 0.15) is 37.0 Å². The van der Waals surface area contributed by atoms with E-state index in [9.17, 15) is 9.59 Å². The molecule has 1 atom stereocenters. The fraction of sp³-hybridized carbons (Fsp3) is 0.417. The van der Waals surface area contributed by atoms with Gasteiger partial charge in [0.2, 0.25) is 5.91 Å². The zero-order valence-electron chi connectivity index (χ0n) is 18.2. The molecule has 1 heterocycles. The van der Waals surface area contributed by atoms with Crippen molar-refractivity contribution in [3.8, 4) is 5.75 Å². The molecule has 2 amide bonds. The van der Waals surface area contributed by atoms with Crippen molar-refractivity contribution in [3.63, 3.8) is 0 Å². The highest BCUT2D eigenvalue weighted by Crippen LogP contribution is 2.20. The Labute approximate surface area is 183 Å². The molecule has 1 aliphatic rings. The minimum absolute atomic E-state index is 0.0426. The van der Waals surface area contributed by atoms with E-state index in [1.54, 1.807) is 29.2 Å². The number of amides is 2. The van der Waals surface area contributed by atoms with Gasteiger partial charge in [0.05, 0.1) is 12.6 Å². The molecule has 0 aromatic heterocycles. The molecule has 166 valence electrons. The number of benzene rings is 2. The second-order valence-electron chi connectivity index (χ2n) is 7.43. The van der Waals surface area contributed by atoms with Gasteiger partial charge < -0.3 is 25.0 Å². The third kappa shape index (κ3) is 6.72. The highest BCUT2D eigenvalue weighted by molar-refractivity contribution is 5.98. The van der Waals surface area contributed by atoms with Gasteiger partial charge in [-0.25, -0.2) is 0 Å². The average Bonchev–Trinajstić information content (AvgIpc) is 3.31. The molecular weight excluding hydrogens is 394 g/mol. The van der Waals surface area contributed by atoms with Crippen LogP contribution >= 0.6 is 0 Å². The van der Waals surface area contributed by atoms with E-state index >= 15 is 0 Å². The fourth-order valence-corrected chi connectivity index (χ4v) is 3.47. The maximum absolute atomic E-state index is 12.5. The number of ether oxygens (including phenoxy) is 2. The zero-order valence-corrected chi connectivity index (χ0v) is 18.2. The molecule has 2 aromatic carbocycles. The first-order chi connectivity index (χ1) is 15.1. The number of carbonyl (C=O) groups excluding carboxylic acids is 2. The van der Waals surface area contributed by atoms with Gasteiger partial charge in [0, 0.05) is 42.7 Å². The number of carbonyl (C=O) groups is 2. The average molecular weight is 426 g/mol. The summed E-state index contributed by atoms with van der Waals surface area (Å²) in [6, 6.07) is 14.5. The van der Waals surface area contributed by atoms with Crippen LogP contribution in [0.3, 0.4) is 0 Å². The van der Waals surface area contributed by atoms with Crippen LogP contribution in [0.4, 0.5) is 11.4 Å². The summed E-state index contributed by atoms with van der Waals surface area (Å²) in [5.41, 5.74) is 1.95. The van der Waals surface area contributed by atoms with E-state index in [1.165, 1.54) is 0 Å². The van der Waals surface area contributed by atoms with E-state index in [0.717, 1.165) is 30.9 Å². The van der Waals surface area contributed by atoms with Crippen LogP contribution < -0.4 is 15.4 Å². The lowest BCUT2D eigenvalue weighted by Gasteiger charge is -2.19. The zero-order chi connectivity index (χ0) is 22.1. The molecule has 0 aliphatic carbocycles. The Morgan fingerprint density at radius 1 is 1.10 bits per heavy atom. The molecule has 0 saturated carbocycles. The van der Waals surface area contributed by atoms with Crippen molar-refractivity contribution in [2.75, 3.05) is 43.5 Å². The monoisotopic (exact) mass is 425 g/mol. The Bertz CT molecular complexity index is 877. The first kappa shape index (κ1) is 22.6. The van der Waals surface area contributed by atoms with Gasteiger partial charge in [0.15, 0.2) is 0 Å². The fourth-order valence-electron chi connectivity index (χ4n) is 3.47. The standard InChI is InChI=1S/C24H31N3O4/c1-3-27(4-2)24(29)18-8-5-10-20(14-18)26-23(28)16-25-19-9-6-11-21(15-19)31-17-22-12-7-13-30-22/h5-6,8-11,14-15,22,25H,3-4,7,12-13,16-17H2,1-2H3,(H,26,28). The second kappa shape index (κ2) is 11.4. The van der Waals surface area contributed by atoms with Crippen LogP contribution in [0.25, 0.3) is 0 Å². The summed E-state index contributed by atoms with van der Waals surface area (Å²) in [6.07, 6.45) is 2.27. The van der Waals surface area contributed by atoms with Crippen molar-refractivity contribution in [3.05, 3.63) is 54.1 Å². The van der Waals surface area contributed by atoms with Crippen molar-refractivity contribution in [2.45, 2.75) is 32.8 Å². The molecule has 31 heavy (non-hydrogen) atoms. The Morgan fingerprint density at radius 2 is 1.87 bits per heavy atom. The van der Waals surface area contributed by atoms with Gasteiger partial charge in [0.25, 0.3) is 5.91 Å². The van der Waals surface area contributed by atoms with E-state index in [2.05, 4.69) is 10.6 Å². The topological polar surface area (TPSA) is 79.9 Å². The van der Waals surface area contributed by atoms with Crippen LogP contribution in [-0.2, 0) is 9.53 Å². The number of hydrogen-bond acceptors (Lipinski definition) is 5. The van der Waals surface area contributed by atoms with Crippen LogP contribution in [0, 0.1) is 0 Å². The Kier molecular flexibility index (Phi) is 8.29. The first-order valence-corrected chi connectivity index (χ1v) is 10.9. The van der Waals surface area contributed by atoms with Crippen molar-refractivity contribution in [2.24, 2.45) is 0 Å². The van der Waals surface area contributed by atoms with Gasteiger partial charge in [-0.3, -0.25) is 9.59 Å². The molecule has 1 fully saturated rings. The maximum Gasteiger partial charge on any atom is 0.253 e. The molecule has 3 rings (SSSR count). The van der Waals surface area contributed by atoms with Gasteiger partial charge in [-0.15, -0.1) is 0 Å². The number of hydrogen-bond donors (Lipinski definition) is 2. The summed E-state index contributed by atoms with van der Waals surface area (Å²) in [4.78, 5) is 26.6. The van der Waals surface area contributed by atoms with E-state index in [0.29, 0.717) is 30.9 Å². The largest absolute Gasteiger partial charge is 0.491 e. The molecule has 7 nitrogen and oxygen atoms in total. The van der Waals surface area contributed by atoms with Gasteiger partial charge in [-0.05, 0) is 57.0 Å². The predicted molar refractivity (Wildman–Crippen MR) is 122 cm³/mol. The molecule has 0 spiro atoms. The summed E-state index contributed by atoms with van der Waals surface area (Å²) >= 11 is 0. The SMILES string of the molecule is CCN(CC)C(=O)c1cccc(NC(=O)CNc2cccc(OCC3CCCO3)c2)c1. The smallest absolute Gasteiger partial charge is 0.253 e. The molecule has 1 aliphatic heterocycles. The molecule has 1 unspecified atom stereocenters. The third-order valence-electron chi connectivity index (χ3n) is 5.19. The van der Waals surface area contributed by atoms with Gasteiger partial charge in [-0.1, -0.05) is 12.1 Å². The van der Waals surface area contributed by atoms with Gasteiger partial charge in [0.1, 0.15) is 12.4 Å². The minimum atomic E-state index is -0.196. The van der Waals surface area contributed by atoms with E-state index in [-0.39, 0.29) is 24.5 Å². The molecule has 2 aromatic rings. The van der Waals surface area contributed by atoms with Gasteiger partial charge >= 0.3 is 0 Å². The summed E-state index contributed by atoms with van der Waals surface area (Å²) in [5, 5.41) is 5.95. The number of rotatable bonds is 10. The van der Waals surface area contributed by atoms with Gasteiger partial charge in [-0.2, -0.15) is 0 Å². The first-order valence-electron chi connectivity index (χ1n) is 10.9. The molecule has 0 bridgehead atoms. The Balaban J connectivity index is 1.50. The highest BCUT2D eigenvalue weighted by Gasteiger charge is 2.16. The van der Waals surface area contributed by atoms with E-state index < -0.39 is 0 Å². The summed E-state index contributed by atoms with van der Waals surface area (Å²) in [6.45, 7) is 6.62. The molecular formula is C24H31N3O4. The van der Waals surface area contributed by atoms with Crippen LogP contribution in [0.5, 0.6) is 5.75 Å². The summed E-state index contributed by atoms with van der Waals surface area (Å²) in [7, 11) is 0. The second-order valence-corrected chi connectivity index (χ2v) is 7.43. The highest BCUT2D eigenvalue weighted by atomic mass is 16.5. The molecule has 7 heteroatoms. The van der Waals surface area contributed by atoms with Crippen LogP contribution in [0.2, 0.25) is 0 Å². The quantitative estimate of drug-likeness (QED) is 0.606.